The number of hydrogen-bond donors (Lipinski definition) is 0. The van der Waals surface area contributed by atoms with Crippen LogP contribution < -0.4 is 0 Å². The van der Waals surface area contributed by atoms with Gasteiger partial charge in [-0.3, -0.25) is 0 Å². The van der Waals surface area contributed by atoms with Gasteiger partial charge in [0.15, 0.2) is 0 Å². The molecule has 0 fully saturated rings. The minimum Gasteiger partial charge on any atom is -0.459 e. The highest BCUT2D eigenvalue weighted by atomic mass is 28.4. The van der Waals surface area contributed by atoms with Crippen LogP contribution in [0, 0.1) is 0 Å². The molecule has 1 atom stereocenters. The number of carbonyl (C=O) groups is 1. The van der Waals surface area contributed by atoms with Crippen molar-refractivity contribution in [3.63, 3.8) is 0 Å². The zero-order valence-corrected chi connectivity index (χ0v) is 12.7. The molecule has 0 N–H and O–H groups in total. The van der Waals surface area contributed by atoms with E-state index in [0.29, 0.717) is 12.5 Å². The molecule has 1 unspecified atom stereocenters. The number of hydrogen-bond acceptors (Lipinski definition) is 5. The first-order chi connectivity index (χ1) is 8.57. The van der Waals surface area contributed by atoms with Gasteiger partial charge in [0.1, 0.15) is 6.10 Å². The van der Waals surface area contributed by atoms with Gasteiger partial charge in [-0.05, 0) is 12.8 Å². The van der Waals surface area contributed by atoms with Crippen molar-refractivity contribution in [3.05, 3.63) is 12.7 Å². The van der Waals surface area contributed by atoms with E-state index in [1.807, 2.05) is 6.92 Å². The standard InChI is InChI=1S/C12H24O5Si/c1-6-8-11(17-12(13)7-2)9-10-18(14-3,15-4)16-5/h7,11H,2,6,8-10H2,1,3-5H3. The molecule has 0 aromatic rings. The van der Waals surface area contributed by atoms with Gasteiger partial charge in [-0.1, -0.05) is 19.9 Å². The fourth-order valence-corrected chi connectivity index (χ4v) is 3.48. The molecule has 0 aliphatic heterocycles. The maximum atomic E-state index is 11.2. The molecule has 0 saturated carbocycles. The fourth-order valence-electron chi connectivity index (χ4n) is 1.69. The van der Waals surface area contributed by atoms with Crippen molar-refractivity contribution < 1.29 is 22.8 Å². The molecule has 0 saturated heterocycles. The normalized spacial score (nSPS) is 13.1. The molecular weight excluding hydrogens is 252 g/mol. The molecule has 0 radical (unpaired) electrons. The molecule has 0 aromatic heterocycles. The van der Waals surface area contributed by atoms with E-state index in [4.69, 9.17) is 18.0 Å². The molecule has 5 nitrogen and oxygen atoms in total. The van der Waals surface area contributed by atoms with E-state index in [0.717, 1.165) is 12.8 Å². The number of rotatable bonds is 10. The summed E-state index contributed by atoms with van der Waals surface area (Å²) in [6, 6.07) is 0.617. The van der Waals surface area contributed by atoms with E-state index in [2.05, 4.69) is 6.58 Å². The van der Waals surface area contributed by atoms with Crippen LogP contribution in [-0.4, -0.2) is 42.2 Å². The molecule has 0 heterocycles. The van der Waals surface area contributed by atoms with E-state index in [1.165, 1.54) is 6.08 Å². The van der Waals surface area contributed by atoms with Crippen LogP contribution in [0.4, 0.5) is 0 Å². The Bertz CT molecular complexity index is 245. The second-order valence-electron chi connectivity index (χ2n) is 3.89. The lowest BCUT2D eigenvalue weighted by Crippen LogP contribution is -2.43. The predicted molar refractivity (Wildman–Crippen MR) is 71.2 cm³/mol. The van der Waals surface area contributed by atoms with Gasteiger partial charge < -0.3 is 18.0 Å². The Kier molecular flexibility index (Phi) is 8.91. The average Bonchev–Trinajstić information content (AvgIpc) is 2.40. The molecule has 0 amide bonds. The number of esters is 1. The second-order valence-corrected chi connectivity index (χ2v) is 6.98. The van der Waals surface area contributed by atoms with Gasteiger partial charge in [-0.25, -0.2) is 4.79 Å². The number of carbonyl (C=O) groups excluding carboxylic acids is 1. The molecule has 106 valence electrons. The summed E-state index contributed by atoms with van der Waals surface area (Å²) in [6.45, 7) is 5.44. The second kappa shape index (κ2) is 9.27. The van der Waals surface area contributed by atoms with E-state index in [-0.39, 0.29) is 6.10 Å². The Morgan fingerprint density at radius 1 is 1.22 bits per heavy atom. The monoisotopic (exact) mass is 276 g/mol. The Morgan fingerprint density at radius 2 is 1.78 bits per heavy atom. The predicted octanol–water partition coefficient (Wildman–Crippen LogP) is 2.15. The van der Waals surface area contributed by atoms with Crippen molar-refractivity contribution in [3.8, 4) is 0 Å². The summed E-state index contributed by atoms with van der Waals surface area (Å²) in [5.74, 6) is -0.395. The van der Waals surface area contributed by atoms with E-state index in [9.17, 15) is 4.79 Å². The van der Waals surface area contributed by atoms with Gasteiger partial charge in [0.05, 0.1) is 0 Å². The maximum Gasteiger partial charge on any atom is 0.500 e. The summed E-state index contributed by atoms with van der Waals surface area (Å²) in [6.07, 6.45) is 3.44. The van der Waals surface area contributed by atoms with Gasteiger partial charge in [-0.2, -0.15) is 0 Å². The average molecular weight is 276 g/mol. The molecule has 0 bridgehead atoms. The first-order valence-electron chi connectivity index (χ1n) is 6.06. The minimum absolute atomic E-state index is 0.146. The first-order valence-corrected chi connectivity index (χ1v) is 7.99. The summed E-state index contributed by atoms with van der Waals surface area (Å²) in [7, 11) is 2.13. The van der Waals surface area contributed by atoms with Crippen LogP contribution in [0.5, 0.6) is 0 Å². The highest BCUT2D eigenvalue weighted by molar-refractivity contribution is 6.60. The molecular formula is C12H24O5Si. The van der Waals surface area contributed by atoms with Crippen molar-refractivity contribution in [1.82, 2.24) is 0 Å². The Labute approximate surface area is 110 Å². The molecule has 0 rings (SSSR count). The number of ether oxygens (including phenoxy) is 1. The maximum absolute atomic E-state index is 11.2. The minimum atomic E-state index is -2.59. The molecule has 0 aromatic carbocycles. The molecule has 18 heavy (non-hydrogen) atoms. The Balaban J connectivity index is 4.39. The summed E-state index contributed by atoms with van der Waals surface area (Å²) < 4.78 is 21.3. The Hall–Kier alpha value is -0.693. The molecule has 6 heteroatoms. The Morgan fingerprint density at radius 3 is 2.17 bits per heavy atom. The zero-order valence-electron chi connectivity index (χ0n) is 11.7. The van der Waals surface area contributed by atoms with Crippen LogP contribution in [0.15, 0.2) is 12.7 Å². The van der Waals surface area contributed by atoms with Crippen molar-refractivity contribution in [2.24, 2.45) is 0 Å². The smallest absolute Gasteiger partial charge is 0.459 e. The largest absolute Gasteiger partial charge is 0.500 e. The summed E-state index contributed by atoms with van der Waals surface area (Å²) in [5, 5.41) is 0. The highest BCUT2D eigenvalue weighted by Crippen LogP contribution is 2.20. The first kappa shape index (κ1) is 17.3. The quantitative estimate of drug-likeness (QED) is 0.348. The van der Waals surface area contributed by atoms with E-state index >= 15 is 0 Å². The van der Waals surface area contributed by atoms with Crippen molar-refractivity contribution in [2.45, 2.75) is 38.3 Å². The van der Waals surface area contributed by atoms with Crippen molar-refractivity contribution >= 4 is 14.8 Å². The van der Waals surface area contributed by atoms with Crippen molar-refractivity contribution in [2.75, 3.05) is 21.3 Å². The van der Waals surface area contributed by atoms with Crippen LogP contribution in [-0.2, 0) is 22.8 Å². The van der Waals surface area contributed by atoms with Crippen LogP contribution in [0.25, 0.3) is 0 Å². The van der Waals surface area contributed by atoms with Gasteiger partial charge in [0.2, 0.25) is 0 Å². The third-order valence-corrected chi connectivity index (χ3v) is 5.53. The summed E-state index contributed by atoms with van der Waals surface area (Å²) in [4.78, 5) is 11.2. The summed E-state index contributed by atoms with van der Waals surface area (Å²) in [5.41, 5.74) is 0. The van der Waals surface area contributed by atoms with Gasteiger partial charge in [-0.15, -0.1) is 0 Å². The SMILES string of the molecule is C=CC(=O)OC(CCC)CC[Si](OC)(OC)OC. The van der Waals surface area contributed by atoms with E-state index in [1.54, 1.807) is 21.3 Å². The topological polar surface area (TPSA) is 54.0 Å². The molecule has 0 spiro atoms. The van der Waals surface area contributed by atoms with Crippen LogP contribution >= 0.6 is 0 Å². The summed E-state index contributed by atoms with van der Waals surface area (Å²) >= 11 is 0. The van der Waals surface area contributed by atoms with Gasteiger partial charge in [0.25, 0.3) is 0 Å². The van der Waals surface area contributed by atoms with Gasteiger partial charge in [0, 0.05) is 33.4 Å². The zero-order chi connectivity index (χ0) is 14.0. The fraction of sp³-hybridized carbons (Fsp3) is 0.750. The van der Waals surface area contributed by atoms with Crippen LogP contribution in [0.1, 0.15) is 26.2 Å². The highest BCUT2D eigenvalue weighted by Gasteiger charge is 2.38. The third kappa shape index (κ3) is 5.77. The van der Waals surface area contributed by atoms with Gasteiger partial charge >= 0.3 is 14.8 Å². The third-order valence-electron chi connectivity index (χ3n) is 2.77. The van der Waals surface area contributed by atoms with Crippen LogP contribution in [0.2, 0.25) is 6.04 Å². The lowest BCUT2D eigenvalue weighted by atomic mass is 10.1. The van der Waals surface area contributed by atoms with Crippen LogP contribution in [0.3, 0.4) is 0 Å². The molecule has 0 aliphatic rings. The van der Waals surface area contributed by atoms with E-state index < -0.39 is 14.8 Å². The van der Waals surface area contributed by atoms with Crippen molar-refractivity contribution in [1.29, 1.82) is 0 Å². The lowest BCUT2D eigenvalue weighted by molar-refractivity contribution is -0.143. The molecule has 0 aliphatic carbocycles. The lowest BCUT2D eigenvalue weighted by Gasteiger charge is -2.26.